The van der Waals surface area contributed by atoms with Gasteiger partial charge in [0.2, 0.25) is 0 Å². The van der Waals surface area contributed by atoms with E-state index in [1.165, 1.54) is 12.1 Å². The zero-order chi connectivity index (χ0) is 19.1. The second-order valence-corrected chi connectivity index (χ2v) is 6.01. The molecule has 1 heterocycles. The fourth-order valence-electron chi connectivity index (χ4n) is 2.57. The van der Waals surface area contributed by atoms with Gasteiger partial charge in [0, 0.05) is 13.1 Å². The number of carbonyl (C=O) groups excluding carboxylic acids is 2. The summed E-state index contributed by atoms with van der Waals surface area (Å²) in [5.74, 6) is -0.664. The molecule has 0 radical (unpaired) electrons. The maximum atomic E-state index is 12.9. The van der Waals surface area contributed by atoms with Gasteiger partial charge in [-0.05, 0) is 35.9 Å². The average molecular weight is 373 g/mol. The van der Waals surface area contributed by atoms with Crippen LogP contribution >= 0.6 is 0 Å². The molecule has 142 valence electrons. The maximum absolute atomic E-state index is 12.9. The van der Waals surface area contributed by atoms with Crippen molar-refractivity contribution in [1.29, 1.82) is 0 Å². The highest BCUT2D eigenvalue weighted by Crippen LogP contribution is 2.16. The molecule has 3 rings (SSSR count). The molecule has 0 aliphatic carbocycles. The molecule has 0 aromatic heterocycles. The molecule has 2 aromatic rings. The minimum absolute atomic E-state index is 0.240. The van der Waals surface area contributed by atoms with E-state index in [9.17, 15) is 14.0 Å². The molecule has 2 aromatic carbocycles. The highest BCUT2D eigenvalue weighted by Gasteiger charge is 2.19. The Hall–Kier alpha value is -2.93. The van der Waals surface area contributed by atoms with E-state index in [1.807, 2.05) is 0 Å². The van der Waals surface area contributed by atoms with Crippen molar-refractivity contribution in [2.24, 2.45) is 0 Å². The predicted molar refractivity (Wildman–Crippen MR) is 94.9 cm³/mol. The number of amides is 1. The molecule has 0 unspecified atom stereocenters. The van der Waals surface area contributed by atoms with Crippen LogP contribution in [-0.4, -0.2) is 49.7 Å². The summed E-state index contributed by atoms with van der Waals surface area (Å²) in [4.78, 5) is 25.8. The van der Waals surface area contributed by atoms with Gasteiger partial charge in [0.15, 0.2) is 6.61 Å². The first-order chi connectivity index (χ1) is 13.1. The molecule has 0 N–H and O–H groups in total. The van der Waals surface area contributed by atoms with Crippen LogP contribution < -0.4 is 4.74 Å². The van der Waals surface area contributed by atoms with Crippen LogP contribution in [0.15, 0.2) is 48.5 Å². The summed E-state index contributed by atoms with van der Waals surface area (Å²) in [6, 6.07) is 12.5. The van der Waals surface area contributed by atoms with Gasteiger partial charge < -0.3 is 19.1 Å². The van der Waals surface area contributed by atoms with Crippen molar-refractivity contribution in [1.82, 2.24) is 4.90 Å². The van der Waals surface area contributed by atoms with Gasteiger partial charge in [-0.25, -0.2) is 9.18 Å². The van der Waals surface area contributed by atoms with E-state index in [-0.39, 0.29) is 24.9 Å². The van der Waals surface area contributed by atoms with Crippen molar-refractivity contribution in [3.63, 3.8) is 0 Å². The SMILES string of the molecule is O=C(OCC(=O)N1CCOCC1)c1cccc(OCc2ccc(F)cc2)c1. The Labute approximate surface area is 156 Å². The van der Waals surface area contributed by atoms with Gasteiger partial charge in [-0.2, -0.15) is 0 Å². The molecule has 7 heteroatoms. The first-order valence-corrected chi connectivity index (χ1v) is 8.62. The van der Waals surface area contributed by atoms with Crippen LogP contribution in [-0.2, 0) is 20.9 Å². The standard InChI is InChI=1S/C20H20FNO5/c21-17-6-4-15(5-7-17)13-26-18-3-1-2-16(12-18)20(24)27-14-19(23)22-8-10-25-11-9-22/h1-7,12H,8-11,13-14H2. The minimum atomic E-state index is -0.594. The Morgan fingerprint density at radius 2 is 1.81 bits per heavy atom. The topological polar surface area (TPSA) is 65.1 Å². The number of nitrogens with zero attached hydrogens (tertiary/aromatic N) is 1. The lowest BCUT2D eigenvalue weighted by Gasteiger charge is -2.26. The minimum Gasteiger partial charge on any atom is -0.489 e. The van der Waals surface area contributed by atoms with Gasteiger partial charge in [-0.1, -0.05) is 18.2 Å². The fourth-order valence-corrected chi connectivity index (χ4v) is 2.57. The maximum Gasteiger partial charge on any atom is 0.338 e. The molecule has 27 heavy (non-hydrogen) atoms. The molecule has 1 saturated heterocycles. The summed E-state index contributed by atoms with van der Waals surface area (Å²) >= 11 is 0. The Balaban J connectivity index is 1.51. The quantitative estimate of drug-likeness (QED) is 0.728. The Bertz CT molecular complexity index is 787. The molecule has 1 aliphatic heterocycles. The summed E-state index contributed by atoms with van der Waals surface area (Å²) in [5.41, 5.74) is 1.10. The van der Waals surface area contributed by atoms with Gasteiger partial charge in [0.1, 0.15) is 18.2 Å². The van der Waals surface area contributed by atoms with E-state index in [0.717, 1.165) is 5.56 Å². The van der Waals surface area contributed by atoms with Crippen LogP contribution in [0.2, 0.25) is 0 Å². The number of benzene rings is 2. The van der Waals surface area contributed by atoms with Crippen LogP contribution in [0.3, 0.4) is 0 Å². The van der Waals surface area contributed by atoms with Crippen LogP contribution in [0.1, 0.15) is 15.9 Å². The molecule has 0 saturated carbocycles. The Kier molecular flexibility index (Phi) is 6.38. The van der Waals surface area contributed by atoms with Crippen LogP contribution in [0.5, 0.6) is 5.75 Å². The van der Waals surface area contributed by atoms with Crippen LogP contribution in [0, 0.1) is 5.82 Å². The Morgan fingerprint density at radius 1 is 1.07 bits per heavy atom. The third-order valence-electron chi connectivity index (χ3n) is 4.08. The van der Waals surface area contributed by atoms with Gasteiger partial charge in [-0.15, -0.1) is 0 Å². The first kappa shape index (κ1) is 18.8. The summed E-state index contributed by atoms with van der Waals surface area (Å²) in [5, 5.41) is 0. The number of halogens is 1. The predicted octanol–water partition coefficient (Wildman–Crippen LogP) is 2.42. The van der Waals surface area contributed by atoms with Crippen molar-refractivity contribution in [2.45, 2.75) is 6.61 Å². The monoisotopic (exact) mass is 373 g/mol. The highest BCUT2D eigenvalue weighted by molar-refractivity contribution is 5.91. The van der Waals surface area contributed by atoms with Crippen LogP contribution in [0.25, 0.3) is 0 Å². The second-order valence-electron chi connectivity index (χ2n) is 6.01. The van der Waals surface area contributed by atoms with Crippen molar-refractivity contribution < 1.29 is 28.2 Å². The lowest BCUT2D eigenvalue weighted by Crippen LogP contribution is -2.42. The summed E-state index contributed by atoms with van der Waals surface area (Å²) < 4.78 is 28.8. The third-order valence-corrected chi connectivity index (χ3v) is 4.08. The number of rotatable bonds is 6. The van der Waals surface area contributed by atoms with Crippen molar-refractivity contribution >= 4 is 11.9 Å². The molecule has 6 nitrogen and oxygen atoms in total. The molecular formula is C20H20FNO5. The Morgan fingerprint density at radius 3 is 2.56 bits per heavy atom. The number of hydrogen-bond acceptors (Lipinski definition) is 5. The number of esters is 1. The zero-order valence-electron chi connectivity index (χ0n) is 14.7. The van der Waals surface area contributed by atoms with E-state index in [0.29, 0.717) is 37.6 Å². The number of ether oxygens (including phenoxy) is 3. The van der Waals surface area contributed by atoms with Gasteiger partial charge in [-0.3, -0.25) is 4.79 Å². The van der Waals surface area contributed by atoms with Crippen molar-refractivity contribution in [3.8, 4) is 5.75 Å². The summed E-state index contributed by atoms with van der Waals surface area (Å²) in [7, 11) is 0. The number of morpholine rings is 1. The van der Waals surface area contributed by atoms with Gasteiger partial charge in [0.25, 0.3) is 5.91 Å². The van der Waals surface area contributed by atoms with E-state index in [2.05, 4.69) is 0 Å². The third kappa shape index (κ3) is 5.52. The van der Waals surface area contributed by atoms with E-state index >= 15 is 0 Å². The molecule has 0 bridgehead atoms. The first-order valence-electron chi connectivity index (χ1n) is 8.62. The molecule has 0 atom stereocenters. The molecule has 1 fully saturated rings. The van der Waals surface area contributed by atoms with Gasteiger partial charge >= 0.3 is 5.97 Å². The van der Waals surface area contributed by atoms with Crippen LogP contribution in [0.4, 0.5) is 4.39 Å². The van der Waals surface area contributed by atoms with E-state index < -0.39 is 5.97 Å². The normalized spacial score (nSPS) is 13.9. The zero-order valence-corrected chi connectivity index (χ0v) is 14.7. The molecule has 0 spiro atoms. The number of hydrogen-bond donors (Lipinski definition) is 0. The van der Waals surface area contributed by atoms with Gasteiger partial charge in [0.05, 0.1) is 18.8 Å². The highest BCUT2D eigenvalue weighted by atomic mass is 19.1. The lowest BCUT2D eigenvalue weighted by molar-refractivity contribution is -0.138. The number of carbonyl (C=O) groups is 2. The second kappa shape index (κ2) is 9.14. The largest absolute Gasteiger partial charge is 0.489 e. The lowest BCUT2D eigenvalue weighted by atomic mass is 10.2. The molecule has 1 amide bonds. The van der Waals surface area contributed by atoms with Crippen molar-refractivity contribution in [2.75, 3.05) is 32.9 Å². The summed E-state index contributed by atoms with van der Waals surface area (Å²) in [6.07, 6.45) is 0. The summed E-state index contributed by atoms with van der Waals surface area (Å²) in [6.45, 7) is 1.93. The smallest absolute Gasteiger partial charge is 0.338 e. The van der Waals surface area contributed by atoms with Crippen molar-refractivity contribution in [3.05, 3.63) is 65.5 Å². The average Bonchev–Trinajstić information content (AvgIpc) is 2.72. The van der Waals surface area contributed by atoms with E-state index in [4.69, 9.17) is 14.2 Å². The fraction of sp³-hybridized carbons (Fsp3) is 0.300. The van der Waals surface area contributed by atoms with E-state index in [1.54, 1.807) is 41.3 Å². The molecular weight excluding hydrogens is 353 g/mol. The molecule has 1 aliphatic rings.